The summed E-state index contributed by atoms with van der Waals surface area (Å²) in [6.45, 7) is 0. The standard InChI is InChI=1S/C12H11NO2/c1-13-11-5-4-9-6-8-15-12(9)10(11)3-2-7-14/h2-8,13H,1H3/b3-2-. The fourth-order valence-electron chi connectivity index (χ4n) is 1.57. The number of fused-ring (bicyclic) bond motifs is 1. The first-order chi connectivity index (χ1) is 7.36. The maximum Gasteiger partial charge on any atom is 0.143 e. The Balaban J connectivity index is 2.68. The number of rotatable bonds is 3. The number of carbonyl (C=O) groups excluding carboxylic acids is 1. The molecular weight excluding hydrogens is 190 g/mol. The van der Waals surface area contributed by atoms with Crippen molar-refractivity contribution in [3.63, 3.8) is 0 Å². The summed E-state index contributed by atoms with van der Waals surface area (Å²) in [5.41, 5.74) is 2.63. The molecule has 1 aromatic carbocycles. The summed E-state index contributed by atoms with van der Waals surface area (Å²) in [7, 11) is 1.84. The van der Waals surface area contributed by atoms with E-state index in [0.717, 1.165) is 28.5 Å². The molecule has 76 valence electrons. The Morgan fingerprint density at radius 2 is 2.20 bits per heavy atom. The van der Waals surface area contributed by atoms with Crippen LogP contribution in [0.4, 0.5) is 5.69 Å². The van der Waals surface area contributed by atoms with Crippen molar-refractivity contribution >= 4 is 29.0 Å². The molecule has 1 aromatic heterocycles. The highest BCUT2D eigenvalue weighted by Gasteiger charge is 2.06. The molecule has 0 saturated heterocycles. The first-order valence-corrected chi connectivity index (χ1v) is 4.66. The van der Waals surface area contributed by atoms with Crippen molar-refractivity contribution in [3.05, 3.63) is 36.1 Å². The fourth-order valence-corrected chi connectivity index (χ4v) is 1.57. The van der Waals surface area contributed by atoms with E-state index in [1.54, 1.807) is 12.3 Å². The average molecular weight is 201 g/mol. The van der Waals surface area contributed by atoms with E-state index >= 15 is 0 Å². The van der Waals surface area contributed by atoms with Crippen LogP contribution in [0.5, 0.6) is 0 Å². The van der Waals surface area contributed by atoms with Crippen molar-refractivity contribution in [2.24, 2.45) is 0 Å². The lowest BCUT2D eigenvalue weighted by Gasteiger charge is -2.05. The Labute approximate surface area is 87.4 Å². The molecule has 0 aliphatic heterocycles. The Hall–Kier alpha value is -2.03. The van der Waals surface area contributed by atoms with Crippen molar-refractivity contribution in [1.82, 2.24) is 0 Å². The number of furan rings is 1. The quantitative estimate of drug-likeness (QED) is 0.613. The van der Waals surface area contributed by atoms with E-state index in [9.17, 15) is 4.79 Å². The van der Waals surface area contributed by atoms with E-state index in [1.807, 2.05) is 25.2 Å². The van der Waals surface area contributed by atoms with E-state index in [4.69, 9.17) is 4.42 Å². The predicted octanol–water partition coefficient (Wildman–Crippen LogP) is 2.69. The Kier molecular flexibility index (Phi) is 2.54. The molecule has 3 nitrogen and oxygen atoms in total. The second-order valence-corrected chi connectivity index (χ2v) is 3.11. The number of anilines is 1. The summed E-state index contributed by atoms with van der Waals surface area (Å²) in [6, 6.07) is 5.83. The van der Waals surface area contributed by atoms with E-state index < -0.39 is 0 Å². The summed E-state index contributed by atoms with van der Waals surface area (Å²) >= 11 is 0. The van der Waals surface area contributed by atoms with Gasteiger partial charge in [-0.25, -0.2) is 0 Å². The van der Waals surface area contributed by atoms with Crippen molar-refractivity contribution in [2.75, 3.05) is 12.4 Å². The van der Waals surface area contributed by atoms with Crippen molar-refractivity contribution in [3.8, 4) is 0 Å². The Morgan fingerprint density at radius 3 is 2.93 bits per heavy atom. The largest absolute Gasteiger partial charge is 0.464 e. The van der Waals surface area contributed by atoms with Gasteiger partial charge in [0.1, 0.15) is 11.9 Å². The second kappa shape index (κ2) is 4.00. The highest BCUT2D eigenvalue weighted by atomic mass is 16.3. The Bertz CT molecular complexity index is 511. The van der Waals surface area contributed by atoms with Crippen molar-refractivity contribution < 1.29 is 9.21 Å². The topological polar surface area (TPSA) is 42.2 Å². The van der Waals surface area contributed by atoms with E-state index in [1.165, 1.54) is 6.08 Å². The molecule has 0 radical (unpaired) electrons. The van der Waals surface area contributed by atoms with Crippen molar-refractivity contribution in [2.45, 2.75) is 0 Å². The van der Waals surface area contributed by atoms with Gasteiger partial charge in [-0.2, -0.15) is 0 Å². The number of aldehydes is 1. The zero-order valence-electron chi connectivity index (χ0n) is 8.36. The van der Waals surface area contributed by atoms with Crippen LogP contribution in [-0.4, -0.2) is 13.3 Å². The predicted molar refractivity (Wildman–Crippen MR) is 60.9 cm³/mol. The molecule has 0 bridgehead atoms. The summed E-state index contributed by atoms with van der Waals surface area (Å²) in [5.74, 6) is 0. The van der Waals surface area contributed by atoms with E-state index in [-0.39, 0.29) is 0 Å². The maximum absolute atomic E-state index is 10.3. The molecule has 0 amide bonds. The second-order valence-electron chi connectivity index (χ2n) is 3.11. The summed E-state index contributed by atoms with van der Waals surface area (Å²) in [4.78, 5) is 10.3. The maximum atomic E-state index is 10.3. The van der Waals surface area contributed by atoms with Gasteiger partial charge in [-0.15, -0.1) is 0 Å². The van der Waals surface area contributed by atoms with Gasteiger partial charge in [0, 0.05) is 23.7 Å². The van der Waals surface area contributed by atoms with E-state index in [2.05, 4.69) is 5.32 Å². The van der Waals surface area contributed by atoms with Crippen molar-refractivity contribution in [1.29, 1.82) is 0 Å². The molecule has 0 aliphatic rings. The molecule has 3 heteroatoms. The smallest absolute Gasteiger partial charge is 0.143 e. The van der Waals surface area contributed by atoms with Crippen LogP contribution < -0.4 is 5.32 Å². The minimum atomic E-state index is 0.751. The average Bonchev–Trinajstić information content (AvgIpc) is 2.73. The minimum Gasteiger partial charge on any atom is -0.464 e. The number of allylic oxidation sites excluding steroid dienone is 1. The molecule has 0 unspecified atom stereocenters. The van der Waals surface area contributed by atoms with Gasteiger partial charge in [0.15, 0.2) is 0 Å². The van der Waals surface area contributed by atoms with Crippen LogP contribution in [0, 0.1) is 0 Å². The molecule has 0 atom stereocenters. The van der Waals surface area contributed by atoms with Gasteiger partial charge in [0.25, 0.3) is 0 Å². The molecule has 0 saturated carbocycles. The molecular formula is C12H11NO2. The van der Waals surface area contributed by atoms with Gasteiger partial charge < -0.3 is 9.73 Å². The van der Waals surface area contributed by atoms with Crippen LogP contribution in [0.3, 0.4) is 0 Å². The number of nitrogens with one attached hydrogen (secondary N) is 1. The molecule has 2 rings (SSSR count). The lowest BCUT2D eigenvalue weighted by atomic mass is 10.1. The fraction of sp³-hybridized carbons (Fsp3) is 0.0833. The zero-order chi connectivity index (χ0) is 10.7. The first kappa shape index (κ1) is 9.52. The highest BCUT2D eigenvalue weighted by molar-refractivity contribution is 5.93. The minimum absolute atomic E-state index is 0.751. The molecule has 1 heterocycles. The van der Waals surface area contributed by atoms with E-state index in [0.29, 0.717) is 0 Å². The third-order valence-corrected chi connectivity index (χ3v) is 2.27. The van der Waals surface area contributed by atoms with Gasteiger partial charge in [0.05, 0.1) is 6.26 Å². The third-order valence-electron chi connectivity index (χ3n) is 2.27. The lowest BCUT2D eigenvalue weighted by Crippen LogP contribution is -1.91. The molecule has 2 aromatic rings. The van der Waals surface area contributed by atoms with Gasteiger partial charge >= 0.3 is 0 Å². The summed E-state index contributed by atoms with van der Waals surface area (Å²) < 4.78 is 5.38. The highest BCUT2D eigenvalue weighted by Crippen LogP contribution is 2.27. The molecule has 0 aliphatic carbocycles. The van der Waals surface area contributed by atoms with Crippen LogP contribution in [0.25, 0.3) is 17.0 Å². The zero-order valence-corrected chi connectivity index (χ0v) is 8.36. The first-order valence-electron chi connectivity index (χ1n) is 4.66. The number of carbonyl (C=O) groups is 1. The van der Waals surface area contributed by atoms with Crippen LogP contribution in [-0.2, 0) is 4.79 Å². The number of hydrogen-bond donors (Lipinski definition) is 1. The summed E-state index contributed by atoms with van der Waals surface area (Å²) in [5, 5.41) is 4.09. The van der Waals surface area contributed by atoms with Crippen LogP contribution in [0.2, 0.25) is 0 Å². The van der Waals surface area contributed by atoms with Gasteiger partial charge in [0.2, 0.25) is 0 Å². The molecule has 0 spiro atoms. The SMILES string of the molecule is CNc1ccc2ccoc2c1/C=C\C=O. The Morgan fingerprint density at radius 1 is 1.33 bits per heavy atom. The van der Waals surface area contributed by atoms with Gasteiger partial charge in [-0.1, -0.05) is 0 Å². The van der Waals surface area contributed by atoms with Crippen LogP contribution in [0.1, 0.15) is 5.56 Å². The van der Waals surface area contributed by atoms with Gasteiger partial charge in [-0.3, -0.25) is 4.79 Å². The van der Waals surface area contributed by atoms with Gasteiger partial charge in [-0.05, 0) is 30.4 Å². The summed E-state index contributed by atoms with van der Waals surface area (Å²) in [6.07, 6.45) is 5.59. The lowest BCUT2D eigenvalue weighted by molar-refractivity contribution is -0.104. The molecule has 1 N–H and O–H groups in total. The third kappa shape index (κ3) is 1.64. The monoisotopic (exact) mass is 201 g/mol. The van der Waals surface area contributed by atoms with Crippen LogP contribution >= 0.6 is 0 Å². The number of benzene rings is 1. The molecule has 15 heavy (non-hydrogen) atoms. The number of hydrogen-bond acceptors (Lipinski definition) is 3. The molecule has 0 fully saturated rings. The van der Waals surface area contributed by atoms with Crippen LogP contribution in [0.15, 0.2) is 35.0 Å². The normalized spacial score (nSPS) is 11.0.